The molecular weight excluding hydrogens is 215 g/mol. The quantitative estimate of drug-likeness (QED) is 0.565. The van der Waals surface area contributed by atoms with Gasteiger partial charge in [-0.25, -0.2) is 0 Å². The number of rotatable bonds is 5. The zero-order valence-corrected chi connectivity index (χ0v) is 13.7. The summed E-state index contributed by atoms with van der Waals surface area (Å²) in [6.07, 6.45) is 5.46. The molecule has 4 unspecified atom stereocenters. The van der Waals surface area contributed by atoms with E-state index < -0.39 is 0 Å². The Bertz CT molecular complexity index is 267. The molecule has 1 aliphatic carbocycles. The van der Waals surface area contributed by atoms with Gasteiger partial charge >= 0.3 is 0 Å². The maximum absolute atomic E-state index is 6.30. The highest BCUT2D eigenvalue weighted by molar-refractivity contribution is 6.11. The highest BCUT2D eigenvalue weighted by atomic mass is 14.5. The monoisotopic (exact) mass is 248 g/mol. The number of hydrogen-bond donors (Lipinski definition) is 0. The lowest BCUT2D eigenvalue weighted by Gasteiger charge is -2.44. The summed E-state index contributed by atoms with van der Waals surface area (Å²) in [4.78, 5) is 0. The second-order valence-corrected chi connectivity index (χ2v) is 8.13. The summed E-state index contributed by atoms with van der Waals surface area (Å²) in [5.74, 6) is 2.43. The zero-order valence-electron chi connectivity index (χ0n) is 13.7. The summed E-state index contributed by atoms with van der Waals surface area (Å²) in [6.45, 7) is 16.7. The Labute approximate surface area is 117 Å². The van der Waals surface area contributed by atoms with Crippen molar-refractivity contribution in [2.45, 2.75) is 80.0 Å². The van der Waals surface area contributed by atoms with Crippen LogP contribution in [0.5, 0.6) is 0 Å². The van der Waals surface area contributed by atoms with Gasteiger partial charge in [-0.05, 0) is 47.8 Å². The van der Waals surface area contributed by atoms with E-state index >= 15 is 0 Å². The second-order valence-electron chi connectivity index (χ2n) is 8.13. The molecular formula is C17H33B. The summed E-state index contributed by atoms with van der Waals surface area (Å²) < 4.78 is 0. The van der Waals surface area contributed by atoms with Crippen LogP contribution in [-0.4, -0.2) is 7.85 Å². The van der Waals surface area contributed by atoms with E-state index in [4.69, 9.17) is 7.85 Å². The van der Waals surface area contributed by atoms with Crippen LogP contribution in [0.2, 0.25) is 5.82 Å². The molecule has 0 saturated heterocycles. The normalized spacial score (nSPS) is 32.4. The summed E-state index contributed by atoms with van der Waals surface area (Å²) >= 11 is 0. The molecule has 1 fully saturated rings. The first-order chi connectivity index (χ1) is 8.11. The van der Waals surface area contributed by atoms with Gasteiger partial charge in [0.05, 0.1) is 7.85 Å². The van der Waals surface area contributed by atoms with E-state index in [9.17, 15) is 0 Å². The van der Waals surface area contributed by atoms with Gasteiger partial charge < -0.3 is 0 Å². The van der Waals surface area contributed by atoms with Gasteiger partial charge in [-0.1, -0.05) is 60.7 Å². The lowest BCUT2D eigenvalue weighted by molar-refractivity contribution is 0.0713. The third-order valence-electron chi connectivity index (χ3n) is 6.25. The first-order valence-electron chi connectivity index (χ1n) is 7.86. The van der Waals surface area contributed by atoms with Crippen LogP contribution in [-0.2, 0) is 0 Å². The lowest BCUT2D eigenvalue weighted by atomic mass is 9.58. The van der Waals surface area contributed by atoms with E-state index in [2.05, 4.69) is 48.5 Å². The van der Waals surface area contributed by atoms with Crippen LogP contribution in [0.25, 0.3) is 0 Å². The summed E-state index contributed by atoms with van der Waals surface area (Å²) in [7, 11) is 6.30. The molecule has 1 heteroatoms. The molecule has 1 aliphatic rings. The molecule has 0 bridgehead atoms. The van der Waals surface area contributed by atoms with E-state index in [0.29, 0.717) is 22.6 Å². The fourth-order valence-electron chi connectivity index (χ4n) is 3.80. The van der Waals surface area contributed by atoms with Crippen molar-refractivity contribution in [1.29, 1.82) is 0 Å². The summed E-state index contributed by atoms with van der Waals surface area (Å²) in [5, 5.41) is 0. The Balaban J connectivity index is 2.84. The van der Waals surface area contributed by atoms with Crippen molar-refractivity contribution in [2.24, 2.45) is 28.6 Å². The highest BCUT2D eigenvalue weighted by Crippen LogP contribution is 2.57. The first-order valence-corrected chi connectivity index (χ1v) is 7.86. The minimum Gasteiger partial charge on any atom is -0.0771 e. The van der Waals surface area contributed by atoms with Crippen molar-refractivity contribution >= 4 is 7.85 Å². The topological polar surface area (TPSA) is 0 Å². The molecule has 1 rings (SSSR count). The SMILES string of the molecule is [B]C(C)C(CC1(C)CCCC1(C)C)C(C)C(C)C. The average molecular weight is 248 g/mol. The van der Waals surface area contributed by atoms with Crippen molar-refractivity contribution < 1.29 is 0 Å². The minimum atomic E-state index is 0.315. The molecule has 0 spiro atoms. The van der Waals surface area contributed by atoms with Crippen molar-refractivity contribution in [3.05, 3.63) is 0 Å². The molecule has 1 saturated carbocycles. The molecule has 18 heavy (non-hydrogen) atoms. The van der Waals surface area contributed by atoms with Gasteiger partial charge in [0, 0.05) is 0 Å². The maximum Gasteiger partial charge on any atom is 0.0699 e. The molecule has 0 aromatic carbocycles. The second kappa shape index (κ2) is 5.59. The third kappa shape index (κ3) is 3.14. The fourth-order valence-corrected chi connectivity index (χ4v) is 3.80. The molecule has 0 heterocycles. The predicted molar refractivity (Wildman–Crippen MR) is 83.0 cm³/mol. The van der Waals surface area contributed by atoms with Gasteiger partial charge in [-0.15, -0.1) is 0 Å². The standard InChI is InChI=1S/C17H33B/c1-12(2)13(3)15(14(4)18)11-17(7)10-8-9-16(17,5)6/h12-15H,8-11H2,1-7H3. The van der Waals surface area contributed by atoms with Crippen molar-refractivity contribution in [3.63, 3.8) is 0 Å². The smallest absolute Gasteiger partial charge is 0.0699 e. The maximum atomic E-state index is 6.30. The molecule has 0 amide bonds. The lowest BCUT2D eigenvalue weighted by Crippen LogP contribution is -2.35. The van der Waals surface area contributed by atoms with Crippen LogP contribution in [0.15, 0.2) is 0 Å². The molecule has 104 valence electrons. The Kier molecular flexibility index (Phi) is 5.01. The largest absolute Gasteiger partial charge is 0.0771 e. The Morgan fingerprint density at radius 1 is 1.00 bits per heavy atom. The Hall–Kier alpha value is 0.0649. The fraction of sp³-hybridized carbons (Fsp3) is 1.00. The molecule has 0 N–H and O–H groups in total. The molecule has 4 atom stereocenters. The molecule has 0 aliphatic heterocycles. The average Bonchev–Trinajstić information content (AvgIpc) is 2.49. The van der Waals surface area contributed by atoms with Crippen LogP contribution in [0.3, 0.4) is 0 Å². The van der Waals surface area contributed by atoms with Gasteiger partial charge in [-0.3, -0.25) is 0 Å². The van der Waals surface area contributed by atoms with Crippen LogP contribution in [0, 0.1) is 28.6 Å². The first kappa shape index (κ1) is 16.1. The van der Waals surface area contributed by atoms with E-state index in [-0.39, 0.29) is 0 Å². The van der Waals surface area contributed by atoms with Gasteiger partial charge in [0.2, 0.25) is 0 Å². The van der Waals surface area contributed by atoms with Crippen LogP contribution in [0.1, 0.15) is 74.1 Å². The van der Waals surface area contributed by atoms with Crippen molar-refractivity contribution in [3.8, 4) is 0 Å². The van der Waals surface area contributed by atoms with Crippen LogP contribution in [0.4, 0.5) is 0 Å². The van der Waals surface area contributed by atoms with Crippen LogP contribution < -0.4 is 0 Å². The summed E-state index contributed by atoms with van der Waals surface area (Å²) in [6, 6.07) is 0. The predicted octanol–water partition coefficient (Wildman–Crippen LogP) is 5.48. The number of hydrogen-bond acceptors (Lipinski definition) is 0. The Morgan fingerprint density at radius 3 is 1.89 bits per heavy atom. The zero-order chi connectivity index (χ0) is 14.1. The summed E-state index contributed by atoms with van der Waals surface area (Å²) in [5.41, 5.74) is 0.964. The Morgan fingerprint density at radius 2 is 1.56 bits per heavy atom. The van der Waals surface area contributed by atoms with Gasteiger partial charge in [0.15, 0.2) is 0 Å². The molecule has 0 aromatic rings. The van der Waals surface area contributed by atoms with E-state index in [0.717, 1.165) is 11.8 Å². The minimum absolute atomic E-state index is 0.315. The van der Waals surface area contributed by atoms with Crippen molar-refractivity contribution in [1.82, 2.24) is 0 Å². The third-order valence-corrected chi connectivity index (χ3v) is 6.25. The molecule has 2 radical (unpaired) electrons. The highest BCUT2D eigenvalue weighted by Gasteiger charge is 2.46. The van der Waals surface area contributed by atoms with E-state index in [1.54, 1.807) is 0 Å². The van der Waals surface area contributed by atoms with Gasteiger partial charge in [0.25, 0.3) is 0 Å². The van der Waals surface area contributed by atoms with E-state index in [1.807, 2.05) is 0 Å². The molecule has 0 nitrogen and oxygen atoms in total. The van der Waals surface area contributed by atoms with Crippen molar-refractivity contribution in [2.75, 3.05) is 0 Å². The van der Waals surface area contributed by atoms with Crippen LogP contribution >= 0.6 is 0 Å². The van der Waals surface area contributed by atoms with Gasteiger partial charge in [0.1, 0.15) is 0 Å². The molecule has 0 aromatic heterocycles. The van der Waals surface area contributed by atoms with E-state index in [1.165, 1.54) is 25.7 Å². The van der Waals surface area contributed by atoms with Gasteiger partial charge in [-0.2, -0.15) is 0 Å².